The molecular formula is C14H21NO3. The van der Waals surface area contributed by atoms with E-state index in [1.165, 1.54) is 12.1 Å². The van der Waals surface area contributed by atoms with E-state index in [1.54, 1.807) is 12.1 Å². The number of benzene rings is 1. The molecule has 0 spiro atoms. The van der Waals surface area contributed by atoms with Crippen LogP contribution in [0.2, 0.25) is 0 Å². The van der Waals surface area contributed by atoms with Crippen LogP contribution in [0.5, 0.6) is 5.75 Å². The van der Waals surface area contributed by atoms with Crippen LogP contribution < -0.4 is 5.32 Å². The normalized spacial score (nSPS) is 11.3. The third-order valence-electron chi connectivity index (χ3n) is 3.57. The molecule has 1 amide bonds. The highest BCUT2D eigenvalue weighted by atomic mass is 16.3. The number of aromatic hydroxyl groups is 1. The molecule has 4 heteroatoms. The Morgan fingerprint density at radius 3 is 2.50 bits per heavy atom. The van der Waals surface area contributed by atoms with Crippen molar-refractivity contribution in [2.24, 2.45) is 5.41 Å². The van der Waals surface area contributed by atoms with Gasteiger partial charge in [0.05, 0.1) is 6.61 Å². The van der Waals surface area contributed by atoms with Crippen molar-refractivity contribution < 1.29 is 15.0 Å². The number of amides is 1. The van der Waals surface area contributed by atoms with E-state index < -0.39 is 0 Å². The molecule has 0 unspecified atom stereocenters. The molecule has 0 heterocycles. The van der Waals surface area contributed by atoms with E-state index in [2.05, 4.69) is 5.32 Å². The van der Waals surface area contributed by atoms with E-state index in [0.29, 0.717) is 12.1 Å². The largest absolute Gasteiger partial charge is 0.508 e. The minimum Gasteiger partial charge on any atom is -0.508 e. The average Bonchev–Trinajstić information content (AvgIpc) is 2.40. The van der Waals surface area contributed by atoms with Crippen molar-refractivity contribution in [3.05, 3.63) is 29.8 Å². The summed E-state index contributed by atoms with van der Waals surface area (Å²) < 4.78 is 0. The first-order valence-corrected chi connectivity index (χ1v) is 6.25. The number of nitrogens with one attached hydrogen (secondary N) is 1. The lowest BCUT2D eigenvalue weighted by molar-refractivity contribution is 0.0850. The molecule has 1 rings (SSSR count). The van der Waals surface area contributed by atoms with Crippen LogP contribution in [0.4, 0.5) is 0 Å². The maximum absolute atomic E-state index is 11.9. The van der Waals surface area contributed by atoms with Gasteiger partial charge in [-0.3, -0.25) is 4.79 Å². The molecule has 0 aliphatic carbocycles. The fraction of sp³-hybridized carbons (Fsp3) is 0.500. The first-order valence-electron chi connectivity index (χ1n) is 6.25. The van der Waals surface area contributed by atoms with Crippen LogP contribution in [-0.2, 0) is 0 Å². The molecule has 0 saturated heterocycles. The van der Waals surface area contributed by atoms with Crippen molar-refractivity contribution in [2.75, 3.05) is 13.2 Å². The van der Waals surface area contributed by atoms with Gasteiger partial charge in [0.25, 0.3) is 5.91 Å². The maximum atomic E-state index is 11.9. The zero-order valence-corrected chi connectivity index (χ0v) is 10.9. The lowest BCUT2D eigenvalue weighted by Crippen LogP contribution is -2.39. The number of carbonyl (C=O) groups excluding carboxylic acids is 1. The molecule has 3 N–H and O–H groups in total. The van der Waals surface area contributed by atoms with Gasteiger partial charge in [-0.2, -0.15) is 0 Å². The fourth-order valence-corrected chi connectivity index (χ4v) is 1.80. The Morgan fingerprint density at radius 1 is 1.33 bits per heavy atom. The molecule has 1 aromatic rings. The number of aliphatic hydroxyl groups excluding tert-OH is 1. The van der Waals surface area contributed by atoms with Gasteiger partial charge in [0, 0.05) is 17.5 Å². The van der Waals surface area contributed by atoms with Crippen LogP contribution in [0.3, 0.4) is 0 Å². The van der Waals surface area contributed by atoms with Gasteiger partial charge in [0.1, 0.15) is 5.75 Å². The van der Waals surface area contributed by atoms with Crippen molar-refractivity contribution >= 4 is 5.91 Å². The van der Waals surface area contributed by atoms with Crippen molar-refractivity contribution in [2.45, 2.75) is 26.7 Å². The molecule has 0 aliphatic heterocycles. The predicted molar refractivity (Wildman–Crippen MR) is 70.5 cm³/mol. The smallest absolute Gasteiger partial charge is 0.251 e. The van der Waals surface area contributed by atoms with E-state index >= 15 is 0 Å². The summed E-state index contributed by atoms with van der Waals surface area (Å²) >= 11 is 0. The Kier molecular flexibility index (Phi) is 5.16. The number of phenolic OH excluding ortho intramolecular Hbond substituents is 1. The zero-order valence-electron chi connectivity index (χ0n) is 10.9. The molecule has 18 heavy (non-hydrogen) atoms. The molecule has 0 atom stereocenters. The Labute approximate surface area is 108 Å². The SMILES string of the molecule is CCC(CC)(CO)CNC(=O)c1cccc(O)c1. The van der Waals surface area contributed by atoms with Gasteiger partial charge < -0.3 is 15.5 Å². The standard InChI is InChI=1S/C14H21NO3/c1-3-14(4-2,10-16)9-15-13(18)11-6-5-7-12(17)8-11/h5-8,16-17H,3-4,9-10H2,1-2H3,(H,15,18). The number of phenols is 1. The van der Waals surface area contributed by atoms with Crippen LogP contribution in [0.15, 0.2) is 24.3 Å². The fourth-order valence-electron chi connectivity index (χ4n) is 1.80. The monoisotopic (exact) mass is 251 g/mol. The summed E-state index contributed by atoms with van der Waals surface area (Å²) in [4.78, 5) is 11.9. The topological polar surface area (TPSA) is 69.6 Å². The number of rotatable bonds is 6. The molecule has 0 saturated carbocycles. The Hall–Kier alpha value is -1.55. The zero-order chi connectivity index (χ0) is 13.6. The molecular weight excluding hydrogens is 230 g/mol. The van der Waals surface area contributed by atoms with Crippen LogP contribution in [-0.4, -0.2) is 29.3 Å². The highest BCUT2D eigenvalue weighted by Crippen LogP contribution is 2.24. The Balaban J connectivity index is 2.66. The summed E-state index contributed by atoms with van der Waals surface area (Å²) in [5.41, 5.74) is 0.168. The number of aliphatic hydroxyl groups is 1. The minimum atomic E-state index is -0.257. The van der Waals surface area contributed by atoms with Gasteiger partial charge in [-0.25, -0.2) is 0 Å². The predicted octanol–water partition coefficient (Wildman–Crippen LogP) is 1.92. The third-order valence-corrected chi connectivity index (χ3v) is 3.57. The second-order valence-electron chi connectivity index (χ2n) is 4.60. The first kappa shape index (κ1) is 14.5. The summed E-state index contributed by atoms with van der Waals surface area (Å²) in [5, 5.41) is 21.5. The molecule has 0 aromatic heterocycles. The van der Waals surface area contributed by atoms with Crippen LogP contribution >= 0.6 is 0 Å². The minimum absolute atomic E-state index is 0.0559. The summed E-state index contributed by atoms with van der Waals surface area (Å²) in [6.07, 6.45) is 1.61. The third kappa shape index (κ3) is 3.47. The first-order chi connectivity index (χ1) is 8.56. The van der Waals surface area contributed by atoms with Gasteiger partial charge in [-0.15, -0.1) is 0 Å². The summed E-state index contributed by atoms with van der Waals surface area (Å²) in [6, 6.07) is 6.22. The quantitative estimate of drug-likeness (QED) is 0.723. The van der Waals surface area contributed by atoms with E-state index in [1.807, 2.05) is 13.8 Å². The highest BCUT2D eigenvalue weighted by molar-refractivity contribution is 5.94. The molecule has 4 nitrogen and oxygen atoms in total. The molecule has 0 bridgehead atoms. The maximum Gasteiger partial charge on any atom is 0.251 e. The average molecular weight is 251 g/mol. The van der Waals surface area contributed by atoms with E-state index in [-0.39, 0.29) is 23.7 Å². The Morgan fingerprint density at radius 2 is 2.00 bits per heavy atom. The van der Waals surface area contributed by atoms with Crippen LogP contribution in [0, 0.1) is 5.41 Å². The summed E-state index contributed by atoms with van der Waals surface area (Å²) in [7, 11) is 0. The lowest BCUT2D eigenvalue weighted by Gasteiger charge is -2.29. The van der Waals surface area contributed by atoms with Gasteiger partial charge >= 0.3 is 0 Å². The number of hydrogen-bond donors (Lipinski definition) is 3. The lowest BCUT2D eigenvalue weighted by atomic mass is 9.83. The molecule has 100 valence electrons. The van der Waals surface area contributed by atoms with Crippen LogP contribution in [0.25, 0.3) is 0 Å². The van der Waals surface area contributed by atoms with Gasteiger partial charge in [0.15, 0.2) is 0 Å². The number of hydrogen-bond acceptors (Lipinski definition) is 3. The number of carbonyl (C=O) groups is 1. The molecule has 0 fully saturated rings. The van der Waals surface area contributed by atoms with E-state index in [9.17, 15) is 15.0 Å². The molecule has 0 radical (unpaired) electrons. The van der Waals surface area contributed by atoms with Crippen molar-refractivity contribution in [3.8, 4) is 5.75 Å². The van der Waals surface area contributed by atoms with Gasteiger partial charge in [-0.05, 0) is 31.0 Å². The Bertz CT molecular complexity index is 392. The summed E-state index contributed by atoms with van der Waals surface area (Å²) in [6.45, 7) is 4.49. The highest BCUT2D eigenvalue weighted by Gasteiger charge is 2.25. The van der Waals surface area contributed by atoms with E-state index in [0.717, 1.165) is 12.8 Å². The van der Waals surface area contributed by atoms with Gasteiger partial charge in [-0.1, -0.05) is 19.9 Å². The second kappa shape index (κ2) is 6.40. The van der Waals surface area contributed by atoms with Crippen molar-refractivity contribution in [1.29, 1.82) is 0 Å². The van der Waals surface area contributed by atoms with Crippen molar-refractivity contribution in [3.63, 3.8) is 0 Å². The molecule has 1 aromatic carbocycles. The summed E-state index contributed by atoms with van der Waals surface area (Å²) in [5.74, 6) is -0.160. The second-order valence-corrected chi connectivity index (χ2v) is 4.60. The van der Waals surface area contributed by atoms with Crippen molar-refractivity contribution in [1.82, 2.24) is 5.32 Å². The molecule has 0 aliphatic rings. The van der Waals surface area contributed by atoms with Crippen LogP contribution in [0.1, 0.15) is 37.0 Å². The van der Waals surface area contributed by atoms with E-state index in [4.69, 9.17) is 0 Å². The van der Waals surface area contributed by atoms with Gasteiger partial charge in [0.2, 0.25) is 0 Å².